The Morgan fingerprint density at radius 2 is 2.07 bits per heavy atom. The van der Waals surface area contributed by atoms with Crippen molar-refractivity contribution in [3.8, 4) is 11.5 Å². The first-order valence-electron chi connectivity index (χ1n) is 8.83. The molecule has 0 atom stereocenters. The van der Waals surface area contributed by atoms with E-state index in [4.69, 9.17) is 23.4 Å². The van der Waals surface area contributed by atoms with Gasteiger partial charge in [0.25, 0.3) is 5.90 Å². The highest BCUT2D eigenvalue weighted by atomic mass is 79.9. The van der Waals surface area contributed by atoms with E-state index in [-0.39, 0.29) is 24.8 Å². The topological polar surface area (TPSA) is 96.6 Å². The molecule has 0 bridgehead atoms. The van der Waals surface area contributed by atoms with E-state index in [1.165, 1.54) is 6.26 Å². The van der Waals surface area contributed by atoms with Gasteiger partial charge in [0.1, 0.15) is 0 Å². The number of esters is 2. The smallest absolute Gasteiger partial charge is 0.363 e. The lowest BCUT2D eigenvalue weighted by molar-refractivity contribution is -0.145. The Morgan fingerprint density at radius 1 is 1.24 bits per heavy atom. The van der Waals surface area contributed by atoms with E-state index in [0.717, 1.165) is 0 Å². The van der Waals surface area contributed by atoms with Crippen molar-refractivity contribution in [2.24, 2.45) is 4.99 Å². The van der Waals surface area contributed by atoms with Crippen LogP contribution in [0.1, 0.15) is 25.2 Å². The number of rotatable bonds is 8. The summed E-state index contributed by atoms with van der Waals surface area (Å²) < 4.78 is 26.9. The van der Waals surface area contributed by atoms with Crippen molar-refractivity contribution in [3.63, 3.8) is 0 Å². The normalized spacial score (nSPS) is 14.5. The van der Waals surface area contributed by atoms with Gasteiger partial charge in [0.05, 0.1) is 23.9 Å². The third-order valence-electron chi connectivity index (χ3n) is 3.63. The van der Waals surface area contributed by atoms with Crippen LogP contribution in [0, 0.1) is 0 Å². The van der Waals surface area contributed by atoms with Crippen LogP contribution in [0.25, 0.3) is 6.08 Å². The number of nitrogens with zero attached hydrogens (tertiary/aromatic N) is 1. The molecule has 0 radical (unpaired) electrons. The van der Waals surface area contributed by atoms with E-state index >= 15 is 0 Å². The molecule has 9 heteroatoms. The van der Waals surface area contributed by atoms with Crippen LogP contribution in [-0.4, -0.2) is 37.7 Å². The third kappa shape index (κ3) is 5.05. The average molecular weight is 464 g/mol. The van der Waals surface area contributed by atoms with Gasteiger partial charge in [-0.2, -0.15) is 0 Å². The Kier molecular flexibility index (Phi) is 6.71. The zero-order valence-corrected chi connectivity index (χ0v) is 17.4. The van der Waals surface area contributed by atoms with Crippen LogP contribution in [0.2, 0.25) is 0 Å². The number of benzene rings is 1. The van der Waals surface area contributed by atoms with Crippen molar-refractivity contribution >= 4 is 39.8 Å². The highest BCUT2D eigenvalue weighted by Crippen LogP contribution is 2.38. The minimum absolute atomic E-state index is 0.102. The molecule has 1 aliphatic heterocycles. The summed E-state index contributed by atoms with van der Waals surface area (Å²) >= 11 is 3.41. The SMILES string of the molecule is CCOC(=O)COc1c(Br)cc(/C=C2/N=C(c3ccco3)OC2=O)cc1OCC. The van der Waals surface area contributed by atoms with Gasteiger partial charge >= 0.3 is 11.9 Å². The number of hydrogen-bond donors (Lipinski definition) is 0. The predicted molar refractivity (Wildman–Crippen MR) is 107 cm³/mol. The Balaban J connectivity index is 1.87. The molecule has 1 aromatic heterocycles. The fourth-order valence-corrected chi connectivity index (χ4v) is 3.05. The zero-order valence-electron chi connectivity index (χ0n) is 15.8. The summed E-state index contributed by atoms with van der Waals surface area (Å²) in [5.41, 5.74) is 0.742. The Bertz CT molecular complexity index is 963. The van der Waals surface area contributed by atoms with Crippen molar-refractivity contribution in [2.75, 3.05) is 19.8 Å². The maximum Gasteiger partial charge on any atom is 0.363 e. The van der Waals surface area contributed by atoms with Crippen molar-refractivity contribution in [1.29, 1.82) is 0 Å². The van der Waals surface area contributed by atoms with Crippen molar-refractivity contribution in [1.82, 2.24) is 0 Å². The van der Waals surface area contributed by atoms with Gasteiger partial charge < -0.3 is 23.4 Å². The maximum atomic E-state index is 12.1. The molecular formula is C20H18BrNO7. The molecule has 8 nitrogen and oxygen atoms in total. The lowest BCUT2D eigenvalue weighted by atomic mass is 10.1. The number of carbonyl (C=O) groups excluding carboxylic acids is 2. The second-order valence-electron chi connectivity index (χ2n) is 5.67. The predicted octanol–water partition coefficient (Wildman–Crippen LogP) is 3.73. The molecule has 1 aliphatic rings. The number of hydrogen-bond acceptors (Lipinski definition) is 8. The van der Waals surface area contributed by atoms with Crippen LogP contribution in [0.3, 0.4) is 0 Å². The molecule has 0 aliphatic carbocycles. The molecule has 1 aromatic carbocycles. The number of halogens is 1. The summed E-state index contributed by atoms with van der Waals surface area (Å²) in [4.78, 5) is 27.9. The monoisotopic (exact) mass is 463 g/mol. The van der Waals surface area contributed by atoms with Crippen molar-refractivity contribution < 1.29 is 33.0 Å². The lowest BCUT2D eigenvalue weighted by Crippen LogP contribution is -2.15. The fraction of sp³-hybridized carbons (Fsp3) is 0.250. The molecular weight excluding hydrogens is 446 g/mol. The summed E-state index contributed by atoms with van der Waals surface area (Å²) in [6.45, 7) is 3.93. The first-order valence-corrected chi connectivity index (χ1v) is 9.62. The van der Waals surface area contributed by atoms with E-state index in [1.807, 2.05) is 6.92 Å². The third-order valence-corrected chi connectivity index (χ3v) is 4.22. The number of aliphatic imine (C=N–C) groups is 1. The second kappa shape index (κ2) is 9.42. The van der Waals surface area contributed by atoms with Crippen molar-refractivity contribution in [2.45, 2.75) is 13.8 Å². The number of cyclic esters (lactones) is 1. The van der Waals surface area contributed by atoms with Gasteiger partial charge in [0.2, 0.25) is 0 Å². The Labute approximate surface area is 175 Å². The van der Waals surface area contributed by atoms with Gasteiger partial charge in [0.15, 0.2) is 29.6 Å². The lowest BCUT2D eigenvalue weighted by Gasteiger charge is -2.14. The van der Waals surface area contributed by atoms with E-state index in [1.54, 1.807) is 37.3 Å². The standard InChI is InChI=1S/C20H18BrNO7/c1-3-25-16-10-12(8-13(21)18(16)28-11-17(23)26-4-2)9-14-20(24)29-19(22-14)15-6-5-7-27-15/h5-10H,3-4,11H2,1-2H3/b14-9+. The van der Waals surface area contributed by atoms with Crippen LogP contribution in [-0.2, 0) is 19.1 Å². The van der Waals surface area contributed by atoms with E-state index in [9.17, 15) is 9.59 Å². The molecule has 0 amide bonds. The second-order valence-corrected chi connectivity index (χ2v) is 6.52. The van der Waals surface area contributed by atoms with Gasteiger partial charge in [-0.1, -0.05) is 0 Å². The molecule has 0 fully saturated rings. The average Bonchev–Trinajstić information content (AvgIpc) is 3.32. The maximum absolute atomic E-state index is 12.1. The molecule has 2 aromatic rings. The van der Waals surface area contributed by atoms with Crippen molar-refractivity contribution in [3.05, 3.63) is 52.0 Å². The highest BCUT2D eigenvalue weighted by Gasteiger charge is 2.26. The quantitative estimate of drug-likeness (QED) is 0.434. The molecule has 3 rings (SSSR count). The van der Waals surface area contributed by atoms with Crippen LogP contribution < -0.4 is 9.47 Å². The molecule has 0 N–H and O–H groups in total. The number of ether oxygens (including phenoxy) is 4. The minimum atomic E-state index is -0.590. The summed E-state index contributed by atoms with van der Waals surface area (Å²) in [6.07, 6.45) is 3.02. The van der Waals surface area contributed by atoms with Gasteiger partial charge in [-0.05, 0) is 65.7 Å². The molecule has 29 heavy (non-hydrogen) atoms. The van der Waals surface area contributed by atoms with E-state index in [0.29, 0.717) is 33.9 Å². The minimum Gasteiger partial charge on any atom is -0.490 e. The van der Waals surface area contributed by atoms with Gasteiger partial charge in [0, 0.05) is 0 Å². The summed E-state index contributed by atoms with van der Waals surface area (Å²) in [7, 11) is 0. The van der Waals surface area contributed by atoms with Crippen LogP contribution in [0.5, 0.6) is 11.5 Å². The molecule has 0 saturated heterocycles. The number of furan rings is 1. The van der Waals surface area contributed by atoms with Crippen LogP contribution in [0.4, 0.5) is 0 Å². The van der Waals surface area contributed by atoms with E-state index in [2.05, 4.69) is 20.9 Å². The summed E-state index contributed by atoms with van der Waals surface area (Å²) in [5.74, 6) is 0.149. The molecule has 0 spiro atoms. The zero-order chi connectivity index (χ0) is 20.8. The Hall–Kier alpha value is -3.07. The number of carbonyl (C=O) groups is 2. The Morgan fingerprint density at radius 3 is 2.76 bits per heavy atom. The van der Waals surface area contributed by atoms with Crippen LogP contribution >= 0.6 is 15.9 Å². The molecule has 0 saturated carbocycles. The first kappa shape index (κ1) is 20.7. The molecule has 2 heterocycles. The van der Waals surface area contributed by atoms with Gasteiger partial charge in [-0.3, -0.25) is 0 Å². The van der Waals surface area contributed by atoms with Crippen LogP contribution in [0.15, 0.2) is 50.1 Å². The first-order chi connectivity index (χ1) is 14.0. The van der Waals surface area contributed by atoms with Gasteiger partial charge in [-0.15, -0.1) is 0 Å². The summed E-state index contributed by atoms with van der Waals surface area (Å²) in [6, 6.07) is 6.71. The van der Waals surface area contributed by atoms with Gasteiger partial charge in [-0.25, -0.2) is 14.6 Å². The molecule has 152 valence electrons. The fourth-order valence-electron chi connectivity index (χ4n) is 2.48. The van der Waals surface area contributed by atoms with E-state index < -0.39 is 11.9 Å². The molecule has 0 unspecified atom stereocenters. The summed E-state index contributed by atoms with van der Waals surface area (Å²) in [5, 5.41) is 0. The largest absolute Gasteiger partial charge is 0.490 e. The highest BCUT2D eigenvalue weighted by molar-refractivity contribution is 9.10.